The van der Waals surface area contributed by atoms with Crippen LogP contribution in [0.3, 0.4) is 0 Å². The van der Waals surface area contributed by atoms with E-state index in [0.29, 0.717) is 18.7 Å². The van der Waals surface area contributed by atoms with Crippen molar-refractivity contribution in [3.63, 3.8) is 0 Å². The van der Waals surface area contributed by atoms with Gasteiger partial charge >= 0.3 is 5.97 Å². The van der Waals surface area contributed by atoms with Gasteiger partial charge in [0.15, 0.2) is 5.69 Å². The van der Waals surface area contributed by atoms with Crippen molar-refractivity contribution in [1.29, 1.82) is 0 Å². The molecule has 138 valence electrons. The number of likely N-dealkylation sites (tertiary alicyclic amines) is 1. The summed E-state index contributed by atoms with van der Waals surface area (Å²) in [5.41, 5.74) is 2.35. The van der Waals surface area contributed by atoms with Gasteiger partial charge in [-0.3, -0.25) is 9.78 Å². The van der Waals surface area contributed by atoms with Gasteiger partial charge in [0.05, 0.1) is 16.9 Å². The predicted octanol–water partition coefficient (Wildman–Crippen LogP) is 2.20. The van der Waals surface area contributed by atoms with Crippen molar-refractivity contribution in [2.24, 2.45) is 0 Å². The van der Waals surface area contributed by atoms with Crippen LogP contribution in [0.5, 0.6) is 0 Å². The standard InChI is InChI=1S/C19H19N5O3/c1-12-17(18(25)23-11-3-2-8-16(23)19(26)27)21-22-24(12)15-9-4-7-14-13(15)6-5-10-20-14/h4-7,9-10,16H,2-3,8,11H2,1H3,(H,26,27). The molecule has 0 radical (unpaired) electrons. The number of piperidine rings is 1. The molecule has 3 heterocycles. The highest BCUT2D eigenvalue weighted by molar-refractivity contribution is 5.96. The third kappa shape index (κ3) is 2.92. The average molecular weight is 365 g/mol. The normalized spacial score (nSPS) is 17.2. The van der Waals surface area contributed by atoms with Crippen LogP contribution in [0, 0.1) is 6.92 Å². The zero-order valence-corrected chi connectivity index (χ0v) is 14.9. The highest BCUT2D eigenvalue weighted by Crippen LogP contribution is 2.24. The van der Waals surface area contributed by atoms with E-state index < -0.39 is 12.0 Å². The zero-order chi connectivity index (χ0) is 19.0. The van der Waals surface area contributed by atoms with E-state index in [1.807, 2.05) is 30.3 Å². The SMILES string of the molecule is Cc1c(C(=O)N2CCCCC2C(=O)O)nnn1-c1cccc2ncccc12. The first kappa shape index (κ1) is 17.1. The minimum Gasteiger partial charge on any atom is -0.480 e. The summed E-state index contributed by atoms with van der Waals surface area (Å²) in [5.74, 6) is -1.36. The summed E-state index contributed by atoms with van der Waals surface area (Å²) in [6.45, 7) is 2.18. The highest BCUT2D eigenvalue weighted by Gasteiger charge is 2.34. The Hall–Kier alpha value is -3.29. The molecule has 4 rings (SSSR count). The molecule has 0 saturated carbocycles. The van der Waals surface area contributed by atoms with Gasteiger partial charge in [-0.05, 0) is 50.5 Å². The number of nitrogens with zero attached hydrogens (tertiary/aromatic N) is 5. The maximum atomic E-state index is 13.0. The lowest BCUT2D eigenvalue weighted by Crippen LogP contribution is -2.48. The van der Waals surface area contributed by atoms with E-state index in [1.165, 1.54) is 4.90 Å². The molecule has 1 fully saturated rings. The number of hydrogen-bond donors (Lipinski definition) is 1. The molecule has 8 nitrogen and oxygen atoms in total. The minimum atomic E-state index is -0.978. The number of aromatic nitrogens is 4. The summed E-state index contributed by atoms with van der Waals surface area (Å²) >= 11 is 0. The van der Waals surface area contributed by atoms with Gasteiger partial charge in [-0.15, -0.1) is 5.10 Å². The average Bonchev–Trinajstić information content (AvgIpc) is 3.08. The number of fused-ring (bicyclic) bond motifs is 1. The summed E-state index contributed by atoms with van der Waals surface area (Å²) in [7, 11) is 0. The van der Waals surface area contributed by atoms with Gasteiger partial charge in [0.1, 0.15) is 6.04 Å². The number of carbonyl (C=O) groups excluding carboxylic acids is 1. The van der Waals surface area contributed by atoms with Crippen molar-refractivity contribution in [3.8, 4) is 5.69 Å². The molecule has 0 aliphatic carbocycles. The van der Waals surface area contributed by atoms with E-state index in [9.17, 15) is 14.7 Å². The number of carboxylic acid groups (broad SMARTS) is 1. The van der Waals surface area contributed by atoms with E-state index in [-0.39, 0.29) is 11.6 Å². The van der Waals surface area contributed by atoms with Crippen LogP contribution in [0.4, 0.5) is 0 Å². The third-order valence-electron chi connectivity index (χ3n) is 5.00. The topological polar surface area (TPSA) is 101 Å². The van der Waals surface area contributed by atoms with Crippen LogP contribution in [0.2, 0.25) is 0 Å². The van der Waals surface area contributed by atoms with Crippen molar-refractivity contribution in [3.05, 3.63) is 47.9 Å². The fraction of sp³-hybridized carbons (Fsp3) is 0.316. The maximum Gasteiger partial charge on any atom is 0.326 e. The number of aliphatic carboxylic acids is 1. The van der Waals surface area contributed by atoms with Gasteiger partial charge < -0.3 is 10.0 Å². The summed E-state index contributed by atoms with van der Waals surface area (Å²) in [4.78, 5) is 30.2. The summed E-state index contributed by atoms with van der Waals surface area (Å²) in [5, 5.41) is 18.6. The second-order valence-corrected chi connectivity index (χ2v) is 6.63. The first-order chi connectivity index (χ1) is 13.1. The number of rotatable bonds is 3. The van der Waals surface area contributed by atoms with Gasteiger partial charge in [-0.25, -0.2) is 9.48 Å². The van der Waals surface area contributed by atoms with Crippen LogP contribution in [0.25, 0.3) is 16.6 Å². The third-order valence-corrected chi connectivity index (χ3v) is 5.00. The first-order valence-electron chi connectivity index (χ1n) is 8.88. The lowest BCUT2D eigenvalue weighted by atomic mass is 10.0. The molecule has 3 aromatic rings. The van der Waals surface area contributed by atoms with Gasteiger partial charge in [-0.1, -0.05) is 11.3 Å². The van der Waals surface area contributed by atoms with E-state index >= 15 is 0 Å². The summed E-state index contributed by atoms with van der Waals surface area (Å²) in [6.07, 6.45) is 3.77. The number of pyridine rings is 1. The van der Waals surface area contributed by atoms with Crippen molar-refractivity contribution < 1.29 is 14.7 Å². The maximum absolute atomic E-state index is 13.0. The Morgan fingerprint density at radius 2 is 2.04 bits per heavy atom. The second kappa shape index (κ2) is 6.79. The molecule has 1 aromatic carbocycles. The molecule has 1 aliphatic rings. The van der Waals surface area contributed by atoms with Crippen molar-refractivity contribution >= 4 is 22.8 Å². The molecule has 1 aliphatic heterocycles. The van der Waals surface area contributed by atoms with Gasteiger partial charge in [-0.2, -0.15) is 0 Å². The van der Waals surface area contributed by atoms with E-state index in [0.717, 1.165) is 29.4 Å². The monoisotopic (exact) mass is 365 g/mol. The van der Waals surface area contributed by atoms with Crippen LogP contribution >= 0.6 is 0 Å². The Morgan fingerprint density at radius 3 is 2.85 bits per heavy atom. The minimum absolute atomic E-state index is 0.184. The molecular weight excluding hydrogens is 346 g/mol. The summed E-state index contributed by atoms with van der Waals surface area (Å²) in [6, 6.07) is 8.64. The number of benzene rings is 1. The molecular formula is C19H19N5O3. The Balaban J connectivity index is 1.74. The smallest absolute Gasteiger partial charge is 0.326 e. The molecule has 1 amide bonds. The Bertz CT molecular complexity index is 1020. The van der Waals surface area contributed by atoms with Crippen LogP contribution in [0.15, 0.2) is 36.5 Å². The van der Waals surface area contributed by atoms with E-state index in [2.05, 4.69) is 15.3 Å². The Kier molecular flexibility index (Phi) is 4.31. The fourth-order valence-electron chi connectivity index (χ4n) is 3.59. The quantitative estimate of drug-likeness (QED) is 0.764. The van der Waals surface area contributed by atoms with Crippen LogP contribution in [-0.2, 0) is 4.79 Å². The molecule has 1 saturated heterocycles. The number of hydrogen-bond acceptors (Lipinski definition) is 5. The van der Waals surface area contributed by atoms with Gasteiger partial charge in [0.2, 0.25) is 0 Å². The van der Waals surface area contributed by atoms with Crippen molar-refractivity contribution in [2.75, 3.05) is 6.54 Å². The van der Waals surface area contributed by atoms with Crippen molar-refractivity contribution in [2.45, 2.75) is 32.2 Å². The Morgan fingerprint density at radius 1 is 1.19 bits per heavy atom. The molecule has 8 heteroatoms. The lowest BCUT2D eigenvalue weighted by Gasteiger charge is -2.32. The zero-order valence-electron chi connectivity index (χ0n) is 14.9. The summed E-state index contributed by atoms with van der Waals surface area (Å²) < 4.78 is 1.61. The fourth-order valence-corrected chi connectivity index (χ4v) is 3.59. The van der Waals surface area contributed by atoms with Gasteiger partial charge in [0, 0.05) is 18.1 Å². The van der Waals surface area contributed by atoms with Crippen molar-refractivity contribution in [1.82, 2.24) is 24.9 Å². The molecule has 0 bridgehead atoms. The molecule has 1 N–H and O–H groups in total. The van der Waals surface area contributed by atoms with Gasteiger partial charge in [0.25, 0.3) is 5.91 Å². The second-order valence-electron chi connectivity index (χ2n) is 6.63. The van der Waals surface area contributed by atoms with Crippen LogP contribution < -0.4 is 0 Å². The number of amides is 1. The lowest BCUT2D eigenvalue weighted by molar-refractivity contribution is -0.143. The van der Waals surface area contributed by atoms with Crippen LogP contribution in [-0.4, -0.2) is 54.4 Å². The molecule has 1 unspecified atom stereocenters. The first-order valence-corrected chi connectivity index (χ1v) is 8.88. The molecule has 2 aromatic heterocycles. The molecule has 27 heavy (non-hydrogen) atoms. The molecule has 1 atom stereocenters. The van der Waals surface area contributed by atoms with E-state index in [4.69, 9.17) is 0 Å². The largest absolute Gasteiger partial charge is 0.480 e. The highest BCUT2D eigenvalue weighted by atomic mass is 16.4. The number of carboxylic acids is 1. The predicted molar refractivity (Wildman–Crippen MR) is 97.7 cm³/mol. The number of carbonyl (C=O) groups is 2. The van der Waals surface area contributed by atoms with E-state index in [1.54, 1.807) is 17.8 Å². The molecule has 0 spiro atoms. The van der Waals surface area contributed by atoms with Crippen LogP contribution in [0.1, 0.15) is 35.4 Å². The Labute approximate surface area is 155 Å².